The van der Waals surface area contributed by atoms with Crippen molar-refractivity contribution in [3.63, 3.8) is 0 Å². The van der Waals surface area contributed by atoms with Gasteiger partial charge < -0.3 is 5.32 Å². The zero-order valence-corrected chi connectivity index (χ0v) is 8.23. The average molecular weight is 205 g/mol. The number of nitrogens with zero attached hydrogens (tertiary/aromatic N) is 1. The fourth-order valence-corrected chi connectivity index (χ4v) is 1.63. The van der Waals surface area contributed by atoms with Gasteiger partial charge in [0.1, 0.15) is 5.54 Å². The summed E-state index contributed by atoms with van der Waals surface area (Å²) >= 11 is 0. The molecule has 0 radical (unpaired) electrons. The number of amides is 3. The Bertz CT molecular complexity index is 418. The molecule has 0 bridgehead atoms. The Morgan fingerprint density at radius 3 is 2.33 bits per heavy atom. The third-order valence-corrected chi connectivity index (χ3v) is 2.57. The molecule has 1 heterocycles. The summed E-state index contributed by atoms with van der Waals surface area (Å²) in [5, 5.41) is 3.16. The molecular weight excluding hydrogens is 194 g/mol. The lowest BCUT2D eigenvalue weighted by atomic mass is 9.92. The molecule has 3 N–H and O–H groups in total. The van der Waals surface area contributed by atoms with E-state index in [1.807, 2.05) is 6.07 Å². The van der Waals surface area contributed by atoms with Gasteiger partial charge in [0.25, 0.3) is 5.91 Å². The van der Waals surface area contributed by atoms with E-state index in [9.17, 15) is 9.59 Å². The predicted octanol–water partition coefficient (Wildman–Crippen LogP) is 0.327. The number of benzene rings is 1. The summed E-state index contributed by atoms with van der Waals surface area (Å²) in [5.41, 5.74) is -0.330. The van der Waals surface area contributed by atoms with Gasteiger partial charge in [-0.05, 0) is 12.5 Å². The van der Waals surface area contributed by atoms with Crippen molar-refractivity contribution >= 4 is 11.9 Å². The molecule has 2 rings (SSSR count). The number of urea groups is 1. The number of carbonyl (C=O) groups is 2. The van der Waals surface area contributed by atoms with Crippen LogP contribution in [-0.2, 0) is 10.3 Å². The summed E-state index contributed by atoms with van der Waals surface area (Å²) in [4.78, 5) is 23.0. The fraction of sp³-hybridized carbons (Fsp3) is 0.200. The quantitative estimate of drug-likeness (QED) is 0.394. The molecule has 1 aliphatic heterocycles. The molecule has 1 saturated heterocycles. The minimum Gasteiger partial charge on any atom is -0.318 e. The zero-order valence-electron chi connectivity index (χ0n) is 8.23. The van der Waals surface area contributed by atoms with Crippen molar-refractivity contribution in [1.29, 1.82) is 0 Å². The molecule has 1 aliphatic rings. The van der Waals surface area contributed by atoms with E-state index in [1.54, 1.807) is 31.2 Å². The van der Waals surface area contributed by atoms with Gasteiger partial charge in [0.05, 0.1) is 0 Å². The molecule has 3 amide bonds. The van der Waals surface area contributed by atoms with Crippen molar-refractivity contribution in [2.24, 2.45) is 5.84 Å². The summed E-state index contributed by atoms with van der Waals surface area (Å²) < 4.78 is 0. The summed E-state index contributed by atoms with van der Waals surface area (Å²) in [6.07, 6.45) is 0. The Hall–Kier alpha value is -1.88. The third kappa shape index (κ3) is 1.28. The SMILES string of the molecule is C[C@@]1(c2ccccc2)NC(=O)N(N)C1=O. The number of nitrogens with two attached hydrogens (primary N) is 1. The Kier molecular flexibility index (Phi) is 1.97. The van der Waals surface area contributed by atoms with Gasteiger partial charge in [-0.1, -0.05) is 30.3 Å². The summed E-state index contributed by atoms with van der Waals surface area (Å²) in [6.45, 7) is 1.63. The van der Waals surface area contributed by atoms with E-state index in [2.05, 4.69) is 5.32 Å². The van der Waals surface area contributed by atoms with Crippen molar-refractivity contribution in [2.75, 3.05) is 0 Å². The van der Waals surface area contributed by atoms with E-state index in [1.165, 1.54) is 0 Å². The first-order valence-electron chi connectivity index (χ1n) is 4.52. The normalized spacial score (nSPS) is 25.6. The van der Waals surface area contributed by atoms with E-state index in [-0.39, 0.29) is 0 Å². The molecule has 0 unspecified atom stereocenters. The number of hydrogen-bond acceptors (Lipinski definition) is 3. The number of nitrogens with one attached hydrogen (secondary N) is 1. The van der Waals surface area contributed by atoms with Crippen LogP contribution in [0.25, 0.3) is 0 Å². The van der Waals surface area contributed by atoms with Crippen molar-refractivity contribution in [2.45, 2.75) is 12.5 Å². The molecular formula is C10H11N3O2. The Balaban J connectivity index is 2.45. The van der Waals surface area contributed by atoms with Crippen molar-refractivity contribution in [3.8, 4) is 0 Å². The highest BCUT2D eigenvalue weighted by atomic mass is 16.2. The number of carbonyl (C=O) groups excluding carboxylic acids is 2. The highest BCUT2D eigenvalue weighted by molar-refractivity contribution is 6.06. The van der Waals surface area contributed by atoms with Gasteiger partial charge in [0.2, 0.25) is 0 Å². The second kappa shape index (κ2) is 3.06. The second-order valence-electron chi connectivity index (χ2n) is 3.60. The van der Waals surface area contributed by atoms with Crippen molar-refractivity contribution in [3.05, 3.63) is 35.9 Å². The van der Waals surface area contributed by atoms with Crippen LogP contribution in [-0.4, -0.2) is 16.9 Å². The highest BCUT2D eigenvalue weighted by Crippen LogP contribution is 2.26. The van der Waals surface area contributed by atoms with Gasteiger partial charge in [0.15, 0.2) is 0 Å². The molecule has 0 aromatic heterocycles. The van der Waals surface area contributed by atoms with Crippen LogP contribution in [0.5, 0.6) is 0 Å². The maximum atomic E-state index is 11.8. The fourth-order valence-electron chi connectivity index (χ4n) is 1.63. The van der Waals surface area contributed by atoms with E-state index < -0.39 is 17.5 Å². The molecule has 78 valence electrons. The largest absolute Gasteiger partial charge is 0.339 e. The molecule has 1 atom stereocenters. The van der Waals surface area contributed by atoms with E-state index in [4.69, 9.17) is 5.84 Å². The highest BCUT2D eigenvalue weighted by Gasteiger charge is 2.47. The average Bonchev–Trinajstić information content (AvgIpc) is 2.45. The van der Waals surface area contributed by atoms with Gasteiger partial charge in [-0.15, -0.1) is 0 Å². The Labute approximate surface area is 86.8 Å². The smallest absolute Gasteiger partial charge is 0.318 e. The first-order valence-corrected chi connectivity index (χ1v) is 4.52. The lowest BCUT2D eigenvalue weighted by Crippen LogP contribution is -2.42. The minimum absolute atomic E-state index is 0.446. The van der Waals surface area contributed by atoms with Crippen LogP contribution in [0.4, 0.5) is 4.79 Å². The molecule has 1 fully saturated rings. The van der Waals surface area contributed by atoms with Crippen molar-refractivity contribution in [1.82, 2.24) is 10.3 Å². The first kappa shape index (κ1) is 9.67. The second-order valence-corrected chi connectivity index (χ2v) is 3.60. The minimum atomic E-state index is -1.05. The predicted molar refractivity (Wildman–Crippen MR) is 53.4 cm³/mol. The standard InChI is InChI=1S/C10H11N3O2/c1-10(7-5-3-2-4-6-7)8(14)13(11)9(15)12-10/h2-6H,11H2,1H3,(H,12,15)/t10-/m0/s1. The van der Waals surface area contributed by atoms with Crippen LogP contribution in [0, 0.1) is 0 Å². The molecule has 0 spiro atoms. The lowest BCUT2D eigenvalue weighted by Gasteiger charge is -2.20. The monoisotopic (exact) mass is 205 g/mol. The molecule has 0 aliphatic carbocycles. The number of hydrogen-bond donors (Lipinski definition) is 2. The van der Waals surface area contributed by atoms with Gasteiger partial charge in [-0.25, -0.2) is 10.6 Å². The van der Waals surface area contributed by atoms with E-state index in [0.717, 1.165) is 5.56 Å². The van der Waals surface area contributed by atoms with Crippen LogP contribution in [0.3, 0.4) is 0 Å². The summed E-state index contributed by atoms with van der Waals surface area (Å²) in [6, 6.07) is 8.42. The summed E-state index contributed by atoms with van der Waals surface area (Å²) in [5.74, 6) is 4.86. The Morgan fingerprint density at radius 2 is 1.87 bits per heavy atom. The van der Waals surface area contributed by atoms with Gasteiger partial charge in [-0.3, -0.25) is 4.79 Å². The lowest BCUT2D eigenvalue weighted by molar-refractivity contribution is -0.131. The third-order valence-electron chi connectivity index (χ3n) is 2.57. The molecule has 15 heavy (non-hydrogen) atoms. The Morgan fingerprint density at radius 1 is 1.27 bits per heavy atom. The van der Waals surface area contributed by atoms with E-state index >= 15 is 0 Å². The first-order chi connectivity index (χ1) is 7.05. The van der Waals surface area contributed by atoms with Gasteiger partial charge in [0, 0.05) is 0 Å². The van der Waals surface area contributed by atoms with Crippen LogP contribution in [0.1, 0.15) is 12.5 Å². The molecule has 0 saturated carbocycles. The van der Waals surface area contributed by atoms with Crippen LogP contribution in [0.15, 0.2) is 30.3 Å². The van der Waals surface area contributed by atoms with Crippen LogP contribution in [0.2, 0.25) is 0 Å². The van der Waals surface area contributed by atoms with Crippen LogP contribution >= 0.6 is 0 Å². The van der Waals surface area contributed by atoms with E-state index in [0.29, 0.717) is 5.01 Å². The topological polar surface area (TPSA) is 75.4 Å². The zero-order chi connectivity index (χ0) is 11.1. The number of rotatable bonds is 1. The number of imide groups is 1. The van der Waals surface area contributed by atoms with Gasteiger partial charge in [-0.2, -0.15) is 5.01 Å². The maximum absolute atomic E-state index is 11.8. The maximum Gasteiger partial charge on any atom is 0.339 e. The molecule has 5 heteroatoms. The van der Waals surface area contributed by atoms with Gasteiger partial charge >= 0.3 is 6.03 Å². The molecule has 5 nitrogen and oxygen atoms in total. The number of hydrazine groups is 1. The van der Waals surface area contributed by atoms with Crippen LogP contribution < -0.4 is 11.2 Å². The molecule has 1 aromatic carbocycles. The summed E-state index contributed by atoms with van der Waals surface area (Å²) in [7, 11) is 0. The van der Waals surface area contributed by atoms with Crippen molar-refractivity contribution < 1.29 is 9.59 Å². The molecule has 1 aromatic rings.